The first kappa shape index (κ1) is 17.4. The number of hydrogen-bond donors (Lipinski definition) is 1. The van der Waals surface area contributed by atoms with Crippen LogP contribution in [0.3, 0.4) is 0 Å². The standard InChI is InChI=1S/C17H18ClFN2O2S/c18-14-10-12(19)3-4-13(14)17(22)20-11-15(16-2-1-9-24-16)21-5-7-23-8-6-21/h1-4,9-10,15H,5-8,11H2,(H,20,22)/t15-/m0/s1. The average molecular weight is 369 g/mol. The van der Waals surface area contributed by atoms with Crippen LogP contribution in [0.2, 0.25) is 5.02 Å². The number of morpholine rings is 1. The summed E-state index contributed by atoms with van der Waals surface area (Å²) in [6.07, 6.45) is 0. The lowest BCUT2D eigenvalue weighted by Crippen LogP contribution is -2.43. The smallest absolute Gasteiger partial charge is 0.252 e. The molecule has 7 heteroatoms. The third-order valence-corrected chi connectivity index (χ3v) is 5.28. The molecule has 3 rings (SSSR count). The highest BCUT2D eigenvalue weighted by atomic mass is 35.5. The lowest BCUT2D eigenvalue weighted by atomic mass is 10.1. The van der Waals surface area contributed by atoms with Gasteiger partial charge in [0.1, 0.15) is 5.82 Å². The van der Waals surface area contributed by atoms with Gasteiger partial charge in [0.2, 0.25) is 0 Å². The highest BCUT2D eigenvalue weighted by Gasteiger charge is 2.24. The number of carbonyl (C=O) groups excluding carboxylic acids is 1. The van der Waals surface area contributed by atoms with Gasteiger partial charge in [0, 0.05) is 24.5 Å². The first-order valence-corrected chi connectivity index (χ1v) is 8.99. The van der Waals surface area contributed by atoms with Crippen LogP contribution in [0.25, 0.3) is 0 Å². The Bertz CT molecular complexity index is 690. The number of nitrogens with zero attached hydrogens (tertiary/aromatic N) is 1. The molecular formula is C17H18ClFN2O2S. The van der Waals surface area contributed by atoms with Crippen LogP contribution in [0.1, 0.15) is 21.3 Å². The number of rotatable bonds is 5. The van der Waals surface area contributed by atoms with Gasteiger partial charge in [-0.05, 0) is 29.6 Å². The normalized spacial score (nSPS) is 16.8. The maximum atomic E-state index is 13.1. The molecule has 0 spiro atoms. The van der Waals surface area contributed by atoms with Crippen LogP contribution < -0.4 is 5.32 Å². The van der Waals surface area contributed by atoms with Crippen LogP contribution in [0.5, 0.6) is 0 Å². The average Bonchev–Trinajstić information content (AvgIpc) is 3.10. The Kier molecular flexibility index (Phi) is 5.84. The zero-order chi connectivity index (χ0) is 16.9. The number of amides is 1. The summed E-state index contributed by atoms with van der Waals surface area (Å²) in [6, 6.07) is 7.96. The Morgan fingerprint density at radius 1 is 1.38 bits per heavy atom. The quantitative estimate of drug-likeness (QED) is 0.880. The van der Waals surface area contributed by atoms with Crippen molar-refractivity contribution in [3.63, 3.8) is 0 Å². The lowest BCUT2D eigenvalue weighted by Gasteiger charge is -2.34. The van der Waals surface area contributed by atoms with E-state index in [0.717, 1.165) is 19.2 Å². The number of nitrogens with one attached hydrogen (secondary N) is 1. The molecule has 1 aromatic carbocycles. The number of carbonyl (C=O) groups is 1. The van der Waals surface area contributed by atoms with E-state index in [1.807, 2.05) is 11.4 Å². The summed E-state index contributed by atoms with van der Waals surface area (Å²) in [6.45, 7) is 3.51. The van der Waals surface area contributed by atoms with Gasteiger partial charge in [-0.1, -0.05) is 17.7 Å². The molecule has 128 valence electrons. The molecule has 1 N–H and O–H groups in total. The molecule has 1 aromatic heterocycles. The van der Waals surface area contributed by atoms with Crippen molar-refractivity contribution in [2.75, 3.05) is 32.8 Å². The minimum Gasteiger partial charge on any atom is -0.379 e. The molecule has 0 radical (unpaired) electrons. The van der Waals surface area contributed by atoms with E-state index in [0.29, 0.717) is 19.8 Å². The van der Waals surface area contributed by atoms with E-state index in [1.165, 1.54) is 17.0 Å². The molecule has 2 aromatic rings. The Morgan fingerprint density at radius 2 is 2.17 bits per heavy atom. The predicted octanol–water partition coefficient (Wildman–Crippen LogP) is 3.34. The number of halogens is 2. The summed E-state index contributed by atoms with van der Waals surface area (Å²) in [5.74, 6) is -0.754. The molecule has 1 fully saturated rings. The zero-order valence-electron chi connectivity index (χ0n) is 13.0. The molecule has 0 bridgehead atoms. The molecule has 1 aliphatic heterocycles. The summed E-state index contributed by atoms with van der Waals surface area (Å²) >= 11 is 7.63. The van der Waals surface area contributed by atoms with Crippen molar-refractivity contribution in [2.24, 2.45) is 0 Å². The van der Waals surface area contributed by atoms with E-state index >= 15 is 0 Å². The fourth-order valence-corrected chi connectivity index (χ4v) is 3.85. The van der Waals surface area contributed by atoms with E-state index in [1.54, 1.807) is 11.3 Å². The van der Waals surface area contributed by atoms with Crippen molar-refractivity contribution in [3.8, 4) is 0 Å². The van der Waals surface area contributed by atoms with Crippen LogP contribution in [0.15, 0.2) is 35.7 Å². The topological polar surface area (TPSA) is 41.6 Å². The molecule has 0 unspecified atom stereocenters. The van der Waals surface area contributed by atoms with E-state index in [4.69, 9.17) is 16.3 Å². The molecule has 1 aliphatic rings. The van der Waals surface area contributed by atoms with Gasteiger partial charge in [-0.15, -0.1) is 11.3 Å². The summed E-state index contributed by atoms with van der Waals surface area (Å²) in [7, 11) is 0. The number of thiophene rings is 1. The van der Waals surface area contributed by atoms with E-state index in [9.17, 15) is 9.18 Å². The Labute approximate surface area is 149 Å². The number of ether oxygens (including phenoxy) is 1. The largest absolute Gasteiger partial charge is 0.379 e. The van der Waals surface area contributed by atoms with Crippen LogP contribution in [0, 0.1) is 5.82 Å². The molecule has 0 saturated carbocycles. The van der Waals surface area contributed by atoms with E-state index in [-0.39, 0.29) is 22.5 Å². The highest BCUT2D eigenvalue weighted by Crippen LogP contribution is 2.26. The minimum absolute atomic E-state index is 0.0945. The van der Waals surface area contributed by atoms with Gasteiger partial charge < -0.3 is 10.1 Å². The third kappa shape index (κ3) is 4.13. The van der Waals surface area contributed by atoms with Crippen LogP contribution in [-0.2, 0) is 4.74 Å². The molecule has 1 atom stereocenters. The predicted molar refractivity (Wildman–Crippen MR) is 93.2 cm³/mol. The number of hydrogen-bond acceptors (Lipinski definition) is 4. The van der Waals surface area contributed by atoms with Gasteiger partial charge >= 0.3 is 0 Å². The van der Waals surface area contributed by atoms with Crippen LogP contribution in [-0.4, -0.2) is 43.7 Å². The van der Waals surface area contributed by atoms with Crippen molar-refractivity contribution in [2.45, 2.75) is 6.04 Å². The summed E-state index contributed by atoms with van der Waals surface area (Å²) in [4.78, 5) is 15.9. The minimum atomic E-state index is -0.457. The first-order valence-electron chi connectivity index (χ1n) is 7.73. The van der Waals surface area contributed by atoms with Crippen molar-refractivity contribution >= 4 is 28.8 Å². The van der Waals surface area contributed by atoms with Crippen LogP contribution >= 0.6 is 22.9 Å². The van der Waals surface area contributed by atoms with Gasteiger partial charge in [-0.3, -0.25) is 9.69 Å². The fourth-order valence-electron chi connectivity index (χ4n) is 2.74. The molecule has 4 nitrogen and oxygen atoms in total. The molecule has 0 aliphatic carbocycles. The van der Waals surface area contributed by atoms with Gasteiger partial charge in [-0.2, -0.15) is 0 Å². The Balaban J connectivity index is 1.70. The van der Waals surface area contributed by atoms with Crippen molar-refractivity contribution in [1.29, 1.82) is 0 Å². The molecule has 24 heavy (non-hydrogen) atoms. The summed E-state index contributed by atoms with van der Waals surface area (Å²) < 4.78 is 18.5. The SMILES string of the molecule is O=C(NC[C@@H](c1cccs1)N1CCOCC1)c1ccc(F)cc1Cl. The maximum absolute atomic E-state index is 13.1. The van der Waals surface area contributed by atoms with Gasteiger partial charge in [0.05, 0.1) is 29.8 Å². The third-order valence-electron chi connectivity index (χ3n) is 3.99. The summed E-state index contributed by atoms with van der Waals surface area (Å²) in [5.41, 5.74) is 0.282. The Hall–Kier alpha value is -1.47. The van der Waals surface area contributed by atoms with Gasteiger partial charge in [0.15, 0.2) is 0 Å². The second-order valence-corrected chi connectivity index (χ2v) is 6.90. The maximum Gasteiger partial charge on any atom is 0.252 e. The van der Waals surface area contributed by atoms with Crippen molar-refractivity contribution < 1.29 is 13.9 Å². The molecule has 2 heterocycles. The van der Waals surface area contributed by atoms with E-state index in [2.05, 4.69) is 16.3 Å². The zero-order valence-corrected chi connectivity index (χ0v) is 14.6. The summed E-state index contributed by atoms with van der Waals surface area (Å²) in [5, 5.41) is 5.07. The molecule has 1 amide bonds. The van der Waals surface area contributed by atoms with Gasteiger partial charge in [-0.25, -0.2) is 4.39 Å². The second-order valence-electron chi connectivity index (χ2n) is 5.51. The fraction of sp³-hybridized carbons (Fsp3) is 0.353. The van der Waals surface area contributed by atoms with E-state index < -0.39 is 5.82 Å². The van der Waals surface area contributed by atoms with Crippen molar-refractivity contribution in [1.82, 2.24) is 10.2 Å². The molecular weight excluding hydrogens is 351 g/mol. The lowest BCUT2D eigenvalue weighted by molar-refractivity contribution is 0.0169. The second kappa shape index (κ2) is 8.07. The van der Waals surface area contributed by atoms with Gasteiger partial charge in [0.25, 0.3) is 5.91 Å². The monoisotopic (exact) mass is 368 g/mol. The highest BCUT2D eigenvalue weighted by molar-refractivity contribution is 7.10. The number of benzene rings is 1. The van der Waals surface area contributed by atoms with Crippen LogP contribution in [0.4, 0.5) is 4.39 Å². The Morgan fingerprint density at radius 3 is 2.83 bits per heavy atom. The first-order chi connectivity index (χ1) is 11.6. The molecule has 1 saturated heterocycles. The van der Waals surface area contributed by atoms with Crippen molar-refractivity contribution in [3.05, 3.63) is 57.0 Å².